The molecule has 1 rings (SSSR count). The van der Waals surface area contributed by atoms with Gasteiger partial charge in [0.2, 0.25) is 0 Å². The third kappa shape index (κ3) is 2.10. The summed E-state index contributed by atoms with van der Waals surface area (Å²) in [5.41, 5.74) is -0.165. The second kappa shape index (κ2) is 3.96. The average molecular weight is 238 g/mol. The van der Waals surface area contributed by atoms with Crippen LogP contribution >= 0.6 is 27.7 Å². The van der Waals surface area contributed by atoms with Crippen LogP contribution in [0, 0.1) is 0 Å². The Labute approximate surface area is 76.5 Å². The van der Waals surface area contributed by atoms with Gasteiger partial charge in [-0.2, -0.15) is 0 Å². The molecular weight excluding hydrogens is 230 g/mol. The van der Waals surface area contributed by atoms with E-state index in [4.69, 9.17) is 0 Å². The molecule has 1 N–H and O–H groups in total. The van der Waals surface area contributed by atoms with Crippen molar-refractivity contribution < 1.29 is 0 Å². The Morgan fingerprint density at radius 2 is 2.55 bits per heavy atom. The van der Waals surface area contributed by atoms with Gasteiger partial charge >= 0.3 is 5.69 Å². The van der Waals surface area contributed by atoms with Crippen LogP contribution in [-0.2, 0) is 7.05 Å². The first kappa shape index (κ1) is 8.86. The summed E-state index contributed by atoms with van der Waals surface area (Å²) in [5, 5.41) is 7.82. The Morgan fingerprint density at radius 3 is 3.00 bits per heavy atom. The van der Waals surface area contributed by atoms with Gasteiger partial charge in [0.25, 0.3) is 0 Å². The first-order valence-electron chi connectivity index (χ1n) is 3.06. The molecule has 0 aliphatic heterocycles. The van der Waals surface area contributed by atoms with Gasteiger partial charge in [-0.3, -0.25) is 4.57 Å². The Morgan fingerprint density at radius 1 is 1.82 bits per heavy atom. The van der Waals surface area contributed by atoms with Crippen molar-refractivity contribution in [3.63, 3.8) is 0 Å². The summed E-state index contributed by atoms with van der Waals surface area (Å²) in [6.07, 6.45) is 0. The van der Waals surface area contributed by atoms with Crippen LogP contribution in [0.1, 0.15) is 0 Å². The summed E-state index contributed by atoms with van der Waals surface area (Å²) >= 11 is 4.83. The van der Waals surface area contributed by atoms with Gasteiger partial charge in [-0.05, 0) is 0 Å². The van der Waals surface area contributed by atoms with Crippen LogP contribution in [0.5, 0.6) is 0 Å². The zero-order valence-corrected chi connectivity index (χ0v) is 8.41. The molecule has 62 valence electrons. The second-order valence-corrected chi connectivity index (χ2v) is 3.76. The Bertz CT molecular complexity index is 282. The molecule has 0 aromatic carbocycles. The van der Waals surface area contributed by atoms with Crippen molar-refractivity contribution in [3.8, 4) is 0 Å². The zero-order valence-electron chi connectivity index (χ0n) is 6.00. The maximum atomic E-state index is 10.8. The predicted molar refractivity (Wildman–Crippen MR) is 48.3 cm³/mol. The van der Waals surface area contributed by atoms with E-state index in [1.807, 2.05) is 0 Å². The van der Waals surface area contributed by atoms with Crippen LogP contribution < -0.4 is 5.69 Å². The second-order valence-electron chi connectivity index (χ2n) is 1.91. The number of aromatic nitrogens is 3. The van der Waals surface area contributed by atoms with Gasteiger partial charge in [0.05, 0.1) is 0 Å². The van der Waals surface area contributed by atoms with Crippen molar-refractivity contribution in [3.05, 3.63) is 10.5 Å². The minimum atomic E-state index is -0.165. The van der Waals surface area contributed by atoms with Gasteiger partial charge in [-0.25, -0.2) is 9.89 Å². The number of alkyl halides is 1. The molecule has 0 radical (unpaired) electrons. The minimum Gasteiger partial charge on any atom is -0.273 e. The molecule has 0 spiro atoms. The van der Waals surface area contributed by atoms with Gasteiger partial charge in [0, 0.05) is 18.1 Å². The lowest BCUT2D eigenvalue weighted by molar-refractivity contribution is 0.766. The summed E-state index contributed by atoms with van der Waals surface area (Å²) in [4.78, 5) is 10.8. The Hall–Kier alpha value is -0.230. The quantitative estimate of drug-likeness (QED) is 0.619. The van der Waals surface area contributed by atoms with Crippen molar-refractivity contribution in [2.45, 2.75) is 5.16 Å². The average Bonchev–Trinajstić information content (AvgIpc) is 2.31. The maximum absolute atomic E-state index is 10.8. The van der Waals surface area contributed by atoms with Gasteiger partial charge in [-0.1, -0.05) is 27.7 Å². The fraction of sp³-hybridized carbons (Fsp3) is 0.600. The summed E-state index contributed by atoms with van der Waals surface area (Å²) in [6.45, 7) is 0. The van der Waals surface area contributed by atoms with Gasteiger partial charge < -0.3 is 0 Å². The zero-order chi connectivity index (χ0) is 8.27. The lowest BCUT2D eigenvalue weighted by Crippen LogP contribution is -2.12. The van der Waals surface area contributed by atoms with Crippen LogP contribution in [0.25, 0.3) is 0 Å². The highest BCUT2D eigenvalue weighted by Gasteiger charge is 2.02. The van der Waals surface area contributed by atoms with Crippen molar-refractivity contribution in [1.29, 1.82) is 0 Å². The van der Waals surface area contributed by atoms with E-state index in [-0.39, 0.29) is 5.69 Å². The number of hydrogen-bond donors (Lipinski definition) is 1. The Kier molecular flexibility index (Phi) is 3.19. The summed E-state index contributed by atoms with van der Waals surface area (Å²) in [5.74, 6) is 0.915. The first-order valence-corrected chi connectivity index (χ1v) is 5.16. The normalized spacial score (nSPS) is 10.4. The molecule has 0 aliphatic rings. The van der Waals surface area contributed by atoms with Crippen LogP contribution in [0.2, 0.25) is 0 Å². The molecule has 0 bridgehead atoms. The number of halogens is 1. The number of aromatic amines is 1. The lowest BCUT2D eigenvalue weighted by atomic mass is 11.0. The van der Waals surface area contributed by atoms with Gasteiger partial charge in [-0.15, -0.1) is 5.10 Å². The molecule has 1 aromatic heterocycles. The molecular formula is C5H8BrN3OS. The third-order valence-electron chi connectivity index (χ3n) is 1.15. The number of rotatable bonds is 3. The van der Waals surface area contributed by atoms with E-state index in [0.717, 1.165) is 16.2 Å². The Balaban J connectivity index is 2.71. The SMILES string of the molecule is Cn1c(SCCBr)n[nH]c1=O. The number of thioether (sulfide) groups is 1. The number of hydrogen-bond acceptors (Lipinski definition) is 3. The number of nitrogens with one attached hydrogen (secondary N) is 1. The molecule has 0 fully saturated rings. The van der Waals surface area contributed by atoms with Gasteiger partial charge in [0.15, 0.2) is 5.16 Å². The lowest BCUT2D eigenvalue weighted by Gasteiger charge is -1.94. The van der Waals surface area contributed by atoms with E-state index in [0.29, 0.717) is 0 Å². The van der Waals surface area contributed by atoms with Gasteiger partial charge in [0.1, 0.15) is 0 Å². The monoisotopic (exact) mass is 237 g/mol. The van der Waals surface area contributed by atoms with Crippen molar-refractivity contribution in [2.75, 3.05) is 11.1 Å². The van der Waals surface area contributed by atoms with E-state index >= 15 is 0 Å². The standard InChI is InChI=1S/C5H8BrN3OS/c1-9-4(10)7-8-5(9)11-3-2-6/h2-3H2,1H3,(H,7,10). The van der Waals surface area contributed by atoms with Crippen LogP contribution in [-0.4, -0.2) is 25.8 Å². The fourth-order valence-corrected chi connectivity index (χ4v) is 1.72. The van der Waals surface area contributed by atoms with E-state index < -0.39 is 0 Å². The highest BCUT2D eigenvalue weighted by atomic mass is 79.9. The van der Waals surface area contributed by atoms with Crippen LogP contribution in [0.15, 0.2) is 9.95 Å². The molecule has 0 saturated carbocycles. The molecule has 1 aromatic rings. The van der Waals surface area contributed by atoms with Crippen molar-refractivity contribution in [2.24, 2.45) is 7.05 Å². The molecule has 6 heteroatoms. The topological polar surface area (TPSA) is 50.7 Å². The van der Waals surface area contributed by atoms with Crippen LogP contribution in [0.4, 0.5) is 0 Å². The third-order valence-corrected chi connectivity index (χ3v) is 3.10. The molecule has 1 heterocycles. The molecule has 4 nitrogen and oxygen atoms in total. The molecule has 0 saturated heterocycles. The van der Waals surface area contributed by atoms with Crippen molar-refractivity contribution >= 4 is 27.7 Å². The highest BCUT2D eigenvalue weighted by molar-refractivity contribution is 9.09. The summed E-state index contributed by atoms with van der Waals surface area (Å²) in [7, 11) is 1.70. The first-order chi connectivity index (χ1) is 5.25. The summed E-state index contributed by atoms with van der Waals surface area (Å²) in [6, 6.07) is 0. The molecule has 0 atom stereocenters. The van der Waals surface area contributed by atoms with Crippen molar-refractivity contribution in [1.82, 2.24) is 14.8 Å². The molecule has 0 amide bonds. The fourth-order valence-electron chi connectivity index (χ4n) is 0.591. The maximum Gasteiger partial charge on any atom is 0.343 e. The largest absolute Gasteiger partial charge is 0.343 e. The summed E-state index contributed by atoms with van der Waals surface area (Å²) < 4.78 is 1.49. The number of H-pyrrole nitrogens is 1. The van der Waals surface area contributed by atoms with E-state index in [2.05, 4.69) is 26.1 Å². The smallest absolute Gasteiger partial charge is 0.273 e. The predicted octanol–water partition coefficient (Wildman–Crippen LogP) is 0.595. The van der Waals surface area contributed by atoms with Crippen LogP contribution in [0.3, 0.4) is 0 Å². The molecule has 0 unspecified atom stereocenters. The van der Waals surface area contributed by atoms with E-state index in [1.165, 1.54) is 4.57 Å². The molecule has 11 heavy (non-hydrogen) atoms. The van der Waals surface area contributed by atoms with E-state index in [9.17, 15) is 4.79 Å². The highest BCUT2D eigenvalue weighted by Crippen LogP contribution is 2.11. The molecule has 0 aliphatic carbocycles. The minimum absolute atomic E-state index is 0.165. The van der Waals surface area contributed by atoms with E-state index in [1.54, 1.807) is 18.8 Å². The number of nitrogens with zero attached hydrogens (tertiary/aromatic N) is 2.